The highest BCUT2D eigenvalue weighted by Crippen LogP contribution is 2.33. The molecule has 5 heteroatoms. The van der Waals surface area contributed by atoms with E-state index in [1.807, 2.05) is 13.0 Å². The van der Waals surface area contributed by atoms with Gasteiger partial charge in [-0.05, 0) is 43.4 Å². The quantitative estimate of drug-likeness (QED) is 0.702. The third-order valence-electron chi connectivity index (χ3n) is 3.63. The fraction of sp³-hybridized carbons (Fsp3) is 0.533. The molecule has 5 nitrogen and oxygen atoms in total. The SMILES string of the molecule is C[C@@H](N)Cc1cc2c(c(C(N)=O)c1)N(CCCO)CC2. The summed E-state index contributed by atoms with van der Waals surface area (Å²) >= 11 is 0. The highest BCUT2D eigenvalue weighted by molar-refractivity contribution is 6.00. The Labute approximate surface area is 119 Å². The van der Waals surface area contributed by atoms with Crippen LogP contribution in [0.3, 0.4) is 0 Å². The van der Waals surface area contributed by atoms with Crippen LogP contribution in [-0.2, 0) is 12.8 Å². The number of nitrogens with two attached hydrogens (primary N) is 2. The van der Waals surface area contributed by atoms with E-state index in [-0.39, 0.29) is 12.6 Å². The van der Waals surface area contributed by atoms with Crippen molar-refractivity contribution in [3.8, 4) is 0 Å². The predicted octanol–water partition coefficient (Wildman–Crippen LogP) is 0.420. The highest BCUT2D eigenvalue weighted by atomic mass is 16.3. The Hall–Kier alpha value is -1.59. The zero-order valence-electron chi connectivity index (χ0n) is 11.9. The van der Waals surface area contributed by atoms with Gasteiger partial charge in [-0.15, -0.1) is 0 Å². The zero-order chi connectivity index (χ0) is 14.7. The molecule has 0 unspecified atom stereocenters. The molecule has 0 saturated carbocycles. The molecular weight excluding hydrogens is 254 g/mol. The molecule has 0 spiro atoms. The molecule has 0 aliphatic carbocycles. The lowest BCUT2D eigenvalue weighted by Gasteiger charge is -2.21. The third-order valence-corrected chi connectivity index (χ3v) is 3.63. The standard InChI is InChI=1S/C15H23N3O2/c1-10(16)7-11-8-12-3-5-18(4-2-6-19)14(12)13(9-11)15(17)20/h8-10,19H,2-7,16H2,1H3,(H2,17,20)/t10-/m1/s1. The molecule has 0 radical (unpaired) electrons. The van der Waals surface area contributed by atoms with Crippen LogP contribution < -0.4 is 16.4 Å². The minimum Gasteiger partial charge on any atom is -0.396 e. The van der Waals surface area contributed by atoms with Gasteiger partial charge in [-0.3, -0.25) is 4.79 Å². The van der Waals surface area contributed by atoms with Crippen LogP contribution in [-0.4, -0.2) is 36.8 Å². The molecule has 1 aliphatic rings. The first-order chi connectivity index (χ1) is 9.52. The Kier molecular flexibility index (Phi) is 4.62. The highest BCUT2D eigenvalue weighted by Gasteiger charge is 2.25. The van der Waals surface area contributed by atoms with Gasteiger partial charge in [0, 0.05) is 25.7 Å². The van der Waals surface area contributed by atoms with Crippen LogP contribution in [0.25, 0.3) is 0 Å². The van der Waals surface area contributed by atoms with Gasteiger partial charge in [0.05, 0.1) is 11.3 Å². The second kappa shape index (κ2) is 6.24. The van der Waals surface area contributed by atoms with Crippen molar-refractivity contribution in [3.63, 3.8) is 0 Å². The normalized spacial score (nSPS) is 15.2. The van der Waals surface area contributed by atoms with Crippen molar-refractivity contribution in [3.05, 3.63) is 28.8 Å². The fourth-order valence-corrected chi connectivity index (χ4v) is 2.85. The van der Waals surface area contributed by atoms with E-state index < -0.39 is 5.91 Å². The summed E-state index contributed by atoms with van der Waals surface area (Å²) < 4.78 is 0. The first kappa shape index (κ1) is 14.8. The molecule has 20 heavy (non-hydrogen) atoms. The van der Waals surface area contributed by atoms with E-state index in [0.29, 0.717) is 12.0 Å². The van der Waals surface area contributed by atoms with Gasteiger partial charge < -0.3 is 21.5 Å². The number of benzene rings is 1. The van der Waals surface area contributed by atoms with Crippen molar-refractivity contribution < 1.29 is 9.90 Å². The number of amides is 1. The summed E-state index contributed by atoms with van der Waals surface area (Å²) in [4.78, 5) is 13.9. The van der Waals surface area contributed by atoms with Crippen LogP contribution in [0.15, 0.2) is 12.1 Å². The molecule has 110 valence electrons. The molecule has 0 fully saturated rings. The van der Waals surface area contributed by atoms with Gasteiger partial charge in [-0.25, -0.2) is 0 Å². The van der Waals surface area contributed by atoms with E-state index in [9.17, 15) is 4.79 Å². The van der Waals surface area contributed by atoms with E-state index in [0.717, 1.165) is 42.7 Å². The average molecular weight is 277 g/mol. The lowest BCUT2D eigenvalue weighted by Crippen LogP contribution is -2.26. The Bertz CT molecular complexity index is 500. The molecule has 1 aliphatic heterocycles. The van der Waals surface area contributed by atoms with Gasteiger partial charge in [-0.1, -0.05) is 6.07 Å². The summed E-state index contributed by atoms with van der Waals surface area (Å²) in [6.45, 7) is 3.72. The number of rotatable bonds is 6. The maximum absolute atomic E-state index is 11.7. The van der Waals surface area contributed by atoms with E-state index in [1.54, 1.807) is 0 Å². The van der Waals surface area contributed by atoms with Gasteiger partial charge in [0.15, 0.2) is 0 Å². The summed E-state index contributed by atoms with van der Waals surface area (Å²) in [5, 5.41) is 8.96. The number of carbonyl (C=O) groups is 1. The van der Waals surface area contributed by atoms with Gasteiger partial charge in [0.1, 0.15) is 0 Å². The topological polar surface area (TPSA) is 92.6 Å². The van der Waals surface area contributed by atoms with E-state index in [2.05, 4.69) is 11.0 Å². The Morgan fingerprint density at radius 3 is 2.85 bits per heavy atom. The van der Waals surface area contributed by atoms with Crippen molar-refractivity contribution in [2.24, 2.45) is 11.5 Å². The summed E-state index contributed by atoms with van der Waals surface area (Å²) in [6, 6.07) is 4.05. The van der Waals surface area contributed by atoms with Crippen LogP contribution in [0.2, 0.25) is 0 Å². The largest absolute Gasteiger partial charge is 0.396 e. The predicted molar refractivity (Wildman–Crippen MR) is 79.9 cm³/mol. The number of carbonyl (C=O) groups excluding carboxylic acids is 1. The van der Waals surface area contributed by atoms with Crippen LogP contribution in [0.4, 0.5) is 5.69 Å². The second-order valence-corrected chi connectivity index (χ2v) is 5.51. The van der Waals surface area contributed by atoms with Gasteiger partial charge in [0.25, 0.3) is 5.91 Å². The first-order valence-corrected chi connectivity index (χ1v) is 7.10. The Balaban J connectivity index is 2.36. The minimum absolute atomic E-state index is 0.0562. The number of hydrogen-bond acceptors (Lipinski definition) is 4. The van der Waals surface area contributed by atoms with E-state index in [4.69, 9.17) is 16.6 Å². The molecule has 1 aromatic carbocycles. The number of fused-ring (bicyclic) bond motifs is 1. The molecule has 1 atom stereocenters. The Morgan fingerprint density at radius 2 is 2.25 bits per heavy atom. The van der Waals surface area contributed by atoms with Crippen molar-refractivity contribution in [2.45, 2.75) is 32.2 Å². The fourth-order valence-electron chi connectivity index (χ4n) is 2.85. The lowest BCUT2D eigenvalue weighted by atomic mass is 9.98. The molecule has 1 amide bonds. The number of primary amides is 1. The molecule has 0 saturated heterocycles. The Morgan fingerprint density at radius 1 is 1.50 bits per heavy atom. The van der Waals surface area contributed by atoms with Crippen LogP contribution >= 0.6 is 0 Å². The minimum atomic E-state index is -0.399. The van der Waals surface area contributed by atoms with Gasteiger partial charge in [0.2, 0.25) is 0 Å². The summed E-state index contributed by atoms with van der Waals surface area (Å²) in [7, 11) is 0. The summed E-state index contributed by atoms with van der Waals surface area (Å²) in [6.07, 6.45) is 2.34. The van der Waals surface area contributed by atoms with Gasteiger partial charge >= 0.3 is 0 Å². The maximum Gasteiger partial charge on any atom is 0.250 e. The number of aliphatic hydroxyl groups excluding tert-OH is 1. The third kappa shape index (κ3) is 3.11. The molecule has 2 rings (SSSR count). The molecule has 0 bridgehead atoms. The summed E-state index contributed by atoms with van der Waals surface area (Å²) in [5.41, 5.74) is 15.1. The zero-order valence-corrected chi connectivity index (χ0v) is 11.9. The monoisotopic (exact) mass is 277 g/mol. The van der Waals surface area contributed by atoms with E-state index >= 15 is 0 Å². The van der Waals surface area contributed by atoms with Crippen molar-refractivity contribution in [1.82, 2.24) is 0 Å². The number of nitrogens with zero attached hydrogens (tertiary/aromatic N) is 1. The average Bonchev–Trinajstić information content (AvgIpc) is 2.77. The maximum atomic E-state index is 11.7. The smallest absolute Gasteiger partial charge is 0.250 e. The van der Waals surface area contributed by atoms with E-state index in [1.165, 1.54) is 0 Å². The molecule has 0 aromatic heterocycles. The van der Waals surface area contributed by atoms with Crippen molar-refractivity contribution in [1.29, 1.82) is 0 Å². The lowest BCUT2D eigenvalue weighted by molar-refractivity contribution is 0.100. The van der Waals surface area contributed by atoms with Crippen molar-refractivity contribution in [2.75, 3.05) is 24.6 Å². The van der Waals surface area contributed by atoms with Gasteiger partial charge in [-0.2, -0.15) is 0 Å². The summed E-state index contributed by atoms with van der Waals surface area (Å²) in [5.74, 6) is -0.399. The second-order valence-electron chi connectivity index (χ2n) is 5.51. The molecule has 5 N–H and O–H groups in total. The van der Waals surface area contributed by atoms with Crippen LogP contribution in [0.1, 0.15) is 34.8 Å². The van der Waals surface area contributed by atoms with Crippen molar-refractivity contribution >= 4 is 11.6 Å². The van der Waals surface area contributed by atoms with Crippen LogP contribution in [0, 0.1) is 0 Å². The van der Waals surface area contributed by atoms with Crippen LogP contribution in [0.5, 0.6) is 0 Å². The molecular formula is C15H23N3O2. The first-order valence-electron chi connectivity index (χ1n) is 7.10. The molecule has 1 aromatic rings. The number of anilines is 1. The number of aliphatic hydroxyl groups is 1. The molecule has 1 heterocycles. The number of hydrogen-bond donors (Lipinski definition) is 3.